The molecule has 1 aromatic carbocycles. The second-order valence-corrected chi connectivity index (χ2v) is 4.66. The maximum Gasteiger partial charge on any atom is 0.113 e. The molecule has 1 fully saturated rings. The Bertz CT molecular complexity index is 429. The van der Waals surface area contributed by atoms with E-state index < -0.39 is 0 Å². The summed E-state index contributed by atoms with van der Waals surface area (Å²) in [5.41, 5.74) is 1.09. The number of morpholine rings is 1. The Labute approximate surface area is 92.1 Å². The molecule has 1 aromatic heterocycles. The Hall–Kier alpha value is -0.970. The van der Waals surface area contributed by atoms with Gasteiger partial charge in [0.2, 0.25) is 0 Å². The van der Waals surface area contributed by atoms with Crippen LogP contribution >= 0.6 is 11.3 Å². The van der Waals surface area contributed by atoms with Gasteiger partial charge >= 0.3 is 0 Å². The van der Waals surface area contributed by atoms with Crippen LogP contribution in [0.2, 0.25) is 0 Å². The number of rotatable bonds is 1. The van der Waals surface area contributed by atoms with Gasteiger partial charge in [-0.25, -0.2) is 4.98 Å². The molecule has 3 nitrogen and oxygen atoms in total. The molecular formula is C11H12N2OS. The lowest BCUT2D eigenvalue weighted by atomic mass is 10.3. The topological polar surface area (TPSA) is 34.1 Å². The van der Waals surface area contributed by atoms with Crippen molar-refractivity contribution in [3.63, 3.8) is 0 Å². The minimum absolute atomic E-state index is 0.274. The number of thiazole rings is 1. The molecule has 3 rings (SSSR count). The highest BCUT2D eigenvalue weighted by atomic mass is 32.1. The van der Waals surface area contributed by atoms with E-state index in [0.717, 1.165) is 30.3 Å². The Morgan fingerprint density at radius 1 is 1.40 bits per heavy atom. The Morgan fingerprint density at radius 2 is 2.33 bits per heavy atom. The number of fused-ring (bicyclic) bond motifs is 1. The first-order chi connectivity index (χ1) is 7.43. The van der Waals surface area contributed by atoms with Gasteiger partial charge in [-0.1, -0.05) is 12.1 Å². The van der Waals surface area contributed by atoms with Crippen molar-refractivity contribution in [1.29, 1.82) is 0 Å². The van der Waals surface area contributed by atoms with Gasteiger partial charge in [0.05, 0.1) is 29.5 Å². The van der Waals surface area contributed by atoms with Crippen molar-refractivity contribution in [1.82, 2.24) is 10.3 Å². The summed E-state index contributed by atoms with van der Waals surface area (Å²) in [5, 5.41) is 4.55. The molecule has 0 saturated carbocycles. The SMILES string of the molecule is c1ccc2sc(C3COCCN3)nc2c1. The fraction of sp³-hybridized carbons (Fsp3) is 0.364. The largest absolute Gasteiger partial charge is 0.378 e. The molecule has 1 N–H and O–H groups in total. The lowest BCUT2D eigenvalue weighted by Crippen LogP contribution is -2.34. The van der Waals surface area contributed by atoms with Gasteiger partial charge in [-0.05, 0) is 12.1 Å². The zero-order valence-electron chi connectivity index (χ0n) is 8.27. The minimum Gasteiger partial charge on any atom is -0.378 e. The second-order valence-electron chi connectivity index (χ2n) is 3.60. The monoisotopic (exact) mass is 220 g/mol. The summed E-state index contributed by atoms with van der Waals surface area (Å²) in [7, 11) is 0. The van der Waals surface area contributed by atoms with Gasteiger partial charge in [-0.2, -0.15) is 0 Å². The third-order valence-corrected chi connectivity index (χ3v) is 3.68. The van der Waals surface area contributed by atoms with Gasteiger partial charge in [-0.3, -0.25) is 0 Å². The van der Waals surface area contributed by atoms with Crippen molar-refractivity contribution >= 4 is 21.6 Å². The van der Waals surface area contributed by atoms with E-state index in [4.69, 9.17) is 4.74 Å². The summed E-state index contributed by atoms with van der Waals surface area (Å²) < 4.78 is 6.69. The lowest BCUT2D eigenvalue weighted by Gasteiger charge is -2.21. The van der Waals surface area contributed by atoms with Crippen LogP contribution in [0.1, 0.15) is 11.0 Å². The van der Waals surface area contributed by atoms with Crippen LogP contribution in [0.3, 0.4) is 0 Å². The molecule has 1 saturated heterocycles. The molecule has 0 bridgehead atoms. The second kappa shape index (κ2) is 3.89. The smallest absolute Gasteiger partial charge is 0.113 e. The highest BCUT2D eigenvalue weighted by Crippen LogP contribution is 2.26. The average Bonchev–Trinajstić information content (AvgIpc) is 2.74. The van der Waals surface area contributed by atoms with Crippen LogP contribution in [0.25, 0.3) is 10.2 Å². The van der Waals surface area contributed by atoms with Crippen molar-refractivity contribution in [3.8, 4) is 0 Å². The summed E-state index contributed by atoms with van der Waals surface area (Å²) in [6.45, 7) is 2.46. The fourth-order valence-corrected chi connectivity index (χ4v) is 2.79. The standard InChI is InChI=1S/C11H12N2OS/c1-2-4-10-8(3-1)13-11(15-10)9-7-14-6-5-12-9/h1-4,9,12H,5-7H2. The van der Waals surface area contributed by atoms with Crippen LogP contribution in [0.4, 0.5) is 0 Å². The van der Waals surface area contributed by atoms with Crippen molar-refractivity contribution in [2.75, 3.05) is 19.8 Å². The van der Waals surface area contributed by atoms with Crippen molar-refractivity contribution in [2.24, 2.45) is 0 Å². The number of ether oxygens (including phenoxy) is 1. The number of nitrogens with one attached hydrogen (secondary N) is 1. The maximum absolute atomic E-state index is 5.44. The molecule has 2 heterocycles. The van der Waals surface area contributed by atoms with Gasteiger partial charge in [0.1, 0.15) is 5.01 Å². The zero-order valence-corrected chi connectivity index (χ0v) is 9.09. The number of aromatic nitrogens is 1. The Kier molecular flexibility index (Phi) is 2.40. The van der Waals surface area contributed by atoms with Gasteiger partial charge < -0.3 is 10.1 Å². The van der Waals surface area contributed by atoms with E-state index in [-0.39, 0.29) is 6.04 Å². The molecule has 4 heteroatoms. The van der Waals surface area contributed by atoms with Gasteiger partial charge in [0.25, 0.3) is 0 Å². The minimum atomic E-state index is 0.274. The summed E-state index contributed by atoms with van der Waals surface area (Å²) in [4.78, 5) is 4.61. The average molecular weight is 220 g/mol. The summed E-state index contributed by atoms with van der Waals surface area (Å²) in [6, 6.07) is 8.52. The first-order valence-electron chi connectivity index (χ1n) is 5.10. The first-order valence-corrected chi connectivity index (χ1v) is 5.92. The molecular weight excluding hydrogens is 208 g/mol. The van der Waals surface area contributed by atoms with Crippen LogP contribution < -0.4 is 5.32 Å². The highest BCUT2D eigenvalue weighted by molar-refractivity contribution is 7.18. The summed E-state index contributed by atoms with van der Waals surface area (Å²) in [5.74, 6) is 0. The maximum atomic E-state index is 5.44. The first kappa shape index (κ1) is 9.27. The predicted octanol–water partition coefficient (Wildman–Crippen LogP) is 1.96. The van der Waals surface area contributed by atoms with Crippen LogP contribution in [-0.2, 0) is 4.74 Å². The Balaban J connectivity index is 1.96. The summed E-state index contributed by atoms with van der Waals surface area (Å²) >= 11 is 1.75. The van der Waals surface area contributed by atoms with E-state index in [9.17, 15) is 0 Å². The quantitative estimate of drug-likeness (QED) is 0.797. The fourth-order valence-electron chi connectivity index (χ4n) is 1.76. The molecule has 2 aromatic rings. The van der Waals surface area contributed by atoms with E-state index in [1.807, 2.05) is 6.07 Å². The third kappa shape index (κ3) is 1.76. The molecule has 0 spiro atoms. The van der Waals surface area contributed by atoms with E-state index in [2.05, 4.69) is 28.5 Å². The lowest BCUT2D eigenvalue weighted by molar-refractivity contribution is 0.0768. The number of para-hydroxylation sites is 1. The van der Waals surface area contributed by atoms with E-state index >= 15 is 0 Å². The molecule has 0 amide bonds. The Morgan fingerprint density at radius 3 is 3.13 bits per heavy atom. The number of nitrogens with zero attached hydrogens (tertiary/aromatic N) is 1. The van der Waals surface area contributed by atoms with E-state index in [1.165, 1.54) is 4.70 Å². The van der Waals surface area contributed by atoms with Gasteiger partial charge in [0.15, 0.2) is 0 Å². The number of hydrogen-bond acceptors (Lipinski definition) is 4. The number of benzene rings is 1. The van der Waals surface area contributed by atoms with Crippen LogP contribution in [0.5, 0.6) is 0 Å². The molecule has 1 atom stereocenters. The summed E-state index contributed by atoms with van der Waals surface area (Å²) in [6.07, 6.45) is 0. The third-order valence-electron chi connectivity index (χ3n) is 2.53. The van der Waals surface area contributed by atoms with Crippen molar-refractivity contribution < 1.29 is 4.74 Å². The van der Waals surface area contributed by atoms with Crippen LogP contribution in [0, 0.1) is 0 Å². The van der Waals surface area contributed by atoms with Gasteiger partial charge in [-0.15, -0.1) is 11.3 Å². The van der Waals surface area contributed by atoms with E-state index in [0.29, 0.717) is 0 Å². The van der Waals surface area contributed by atoms with Crippen LogP contribution in [0.15, 0.2) is 24.3 Å². The predicted molar refractivity (Wildman–Crippen MR) is 61.2 cm³/mol. The molecule has 1 aliphatic rings. The number of hydrogen-bond donors (Lipinski definition) is 1. The molecule has 1 unspecified atom stereocenters. The van der Waals surface area contributed by atoms with Crippen molar-refractivity contribution in [2.45, 2.75) is 6.04 Å². The molecule has 78 valence electrons. The molecule has 1 aliphatic heterocycles. The molecule has 15 heavy (non-hydrogen) atoms. The normalized spacial score (nSPS) is 22.0. The van der Waals surface area contributed by atoms with E-state index in [1.54, 1.807) is 11.3 Å². The van der Waals surface area contributed by atoms with Gasteiger partial charge in [0, 0.05) is 6.54 Å². The molecule has 0 radical (unpaired) electrons. The highest BCUT2D eigenvalue weighted by Gasteiger charge is 2.18. The zero-order chi connectivity index (χ0) is 10.1. The van der Waals surface area contributed by atoms with Crippen molar-refractivity contribution in [3.05, 3.63) is 29.3 Å². The van der Waals surface area contributed by atoms with Crippen LogP contribution in [-0.4, -0.2) is 24.7 Å². The molecule has 0 aliphatic carbocycles.